The van der Waals surface area contributed by atoms with Gasteiger partial charge in [-0.2, -0.15) is 5.10 Å². The normalized spacial score (nSPS) is 10.7. The predicted octanol–water partition coefficient (Wildman–Crippen LogP) is 3.05. The van der Waals surface area contributed by atoms with Gasteiger partial charge in [0.25, 0.3) is 0 Å². The molecule has 0 aliphatic heterocycles. The summed E-state index contributed by atoms with van der Waals surface area (Å²) in [4.78, 5) is 12.0. The van der Waals surface area contributed by atoms with Crippen LogP contribution in [0.2, 0.25) is 0 Å². The van der Waals surface area contributed by atoms with Crippen LogP contribution in [-0.4, -0.2) is 15.7 Å². The van der Waals surface area contributed by atoms with Crippen LogP contribution >= 0.6 is 15.9 Å². The molecule has 0 saturated heterocycles. The minimum Gasteiger partial charge on any atom is -0.456 e. The molecule has 2 N–H and O–H groups in total. The van der Waals surface area contributed by atoms with E-state index in [9.17, 15) is 9.18 Å². The Labute approximate surface area is 130 Å². The van der Waals surface area contributed by atoms with Crippen molar-refractivity contribution >= 4 is 27.6 Å². The van der Waals surface area contributed by atoms with Gasteiger partial charge in [-0.1, -0.05) is 0 Å². The molecule has 0 fully saturated rings. The van der Waals surface area contributed by atoms with Crippen molar-refractivity contribution in [1.29, 1.82) is 0 Å². The highest BCUT2D eigenvalue weighted by molar-refractivity contribution is 9.10. The Balaban J connectivity index is 2.13. The van der Waals surface area contributed by atoms with Gasteiger partial charge in [0, 0.05) is 11.0 Å². The fourth-order valence-corrected chi connectivity index (χ4v) is 2.41. The first kappa shape index (κ1) is 15.5. The lowest BCUT2D eigenvalue weighted by atomic mass is 10.2. The molecule has 0 amide bonds. The van der Waals surface area contributed by atoms with Gasteiger partial charge >= 0.3 is 5.97 Å². The summed E-state index contributed by atoms with van der Waals surface area (Å²) in [6.07, 6.45) is 0. The third-order valence-electron chi connectivity index (χ3n) is 2.94. The summed E-state index contributed by atoms with van der Waals surface area (Å²) in [6.45, 7) is 4.61. The number of rotatable bonds is 4. The largest absolute Gasteiger partial charge is 0.456 e. The topological polar surface area (TPSA) is 70.1 Å². The molecule has 5 nitrogen and oxygen atoms in total. The number of ether oxygens (including phenoxy) is 1. The molecule has 0 saturated carbocycles. The van der Waals surface area contributed by atoms with E-state index in [-0.39, 0.29) is 17.9 Å². The Morgan fingerprint density at radius 2 is 2.19 bits per heavy atom. The van der Waals surface area contributed by atoms with Crippen LogP contribution in [-0.2, 0) is 17.9 Å². The molecule has 1 aromatic heterocycles. The molecular formula is C14H15BrFN3O2. The van der Waals surface area contributed by atoms with Crippen molar-refractivity contribution in [3.05, 3.63) is 45.4 Å². The monoisotopic (exact) mass is 355 g/mol. The number of hydrogen-bond donors (Lipinski definition) is 1. The number of aromatic nitrogens is 2. The third-order valence-corrected chi connectivity index (χ3v) is 3.60. The van der Waals surface area contributed by atoms with E-state index < -0.39 is 11.8 Å². The van der Waals surface area contributed by atoms with E-state index in [1.54, 1.807) is 4.68 Å². The van der Waals surface area contributed by atoms with Crippen molar-refractivity contribution in [3.63, 3.8) is 0 Å². The number of nitrogen functional groups attached to an aromatic ring is 1. The summed E-state index contributed by atoms with van der Waals surface area (Å²) in [5, 5.41) is 4.27. The van der Waals surface area contributed by atoms with E-state index >= 15 is 0 Å². The molecule has 21 heavy (non-hydrogen) atoms. The second kappa shape index (κ2) is 6.26. The summed E-state index contributed by atoms with van der Waals surface area (Å²) < 4.78 is 20.6. The molecule has 0 bridgehead atoms. The lowest BCUT2D eigenvalue weighted by Crippen LogP contribution is -2.10. The molecule has 0 aliphatic carbocycles. The molecule has 2 aromatic rings. The molecule has 112 valence electrons. The summed E-state index contributed by atoms with van der Waals surface area (Å²) in [6, 6.07) is 4.25. The zero-order valence-corrected chi connectivity index (χ0v) is 13.3. The number of anilines is 1. The molecule has 1 heterocycles. The molecule has 0 unspecified atom stereocenters. The van der Waals surface area contributed by atoms with Crippen LogP contribution in [0.4, 0.5) is 10.1 Å². The first-order chi connectivity index (χ1) is 9.92. The van der Waals surface area contributed by atoms with Gasteiger partial charge in [0.15, 0.2) is 0 Å². The fourth-order valence-electron chi connectivity index (χ4n) is 1.93. The van der Waals surface area contributed by atoms with Gasteiger partial charge in [0.05, 0.1) is 22.6 Å². The third kappa shape index (κ3) is 3.41. The second-order valence-electron chi connectivity index (χ2n) is 4.52. The van der Waals surface area contributed by atoms with E-state index in [0.29, 0.717) is 11.0 Å². The van der Waals surface area contributed by atoms with E-state index in [1.807, 2.05) is 19.9 Å². The van der Waals surface area contributed by atoms with Gasteiger partial charge in [0.1, 0.15) is 12.4 Å². The summed E-state index contributed by atoms with van der Waals surface area (Å²) in [5.74, 6) is -1.16. The zero-order chi connectivity index (χ0) is 15.6. The summed E-state index contributed by atoms with van der Waals surface area (Å²) in [5.41, 5.74) is 7.21. The Morgan fingerprint density at radius 1 is 1.48 bits per heavy atom. The Kier molecular flexibility index (Phi) is 4.62. The Hall–Kier alpha value is -1.89. The minimum absolute atomic E-state index is 0.0945. The number of carbonyl (C=O) groups excluding carboxylic acids is 1. The lowest BCUT2D eigenvalue weighted by Gasteiger charge is -2.08. The van der Waals surface area contributed by atoms with Crippen LogP contribution in [0.3, 0.4) is 0 Å². The number of esters is 1. The van der Waals surface area contributed by atoms with Crippen molar-refractivity contribution in [1.82, 2.24) is 9.78 Å². The maximum absolute atomic E-state index is 13.3. The van der Waals surface area contributed by atoms with Crippen LogP contribution in [0.15, 0.2) is 22.7 Å². The van der Waals surface area contributed by atoms with Crippen LogP contribution in [0.5, 0.6) is 0 Å². The first-order valence-corrected chi connectivity index (χ1v) is 7.16. The van der Waals surface area contributed by atoms with Crippen LogP contribution in [0, 0.1) is 12.7 Å². The quantitative estimate of drug-likeness (QED) is 0.675. The van der Waals surface area contributed by atoms with Crippen molar-refractivity contribution in [3.8, 4) is 0 Å². The van der Waals surface area contributed by atoms with Crippen molar-refractivity contribution in [2.45, 2.75) is 27.0 Å². The predicted molar refractivity (Wildman–Crippen MR) is 80.3 cm³/mol. The molecule has 0 aliphatic rings. The highest BCUT2D eigenvalue weighted by Gasteiger charge is 2.16. The smallest absolute Gasteiger partial charge is 0.339 e. The maximum Gasteiger partial charge on any atom is 0.339 e. The number of carbonyl (C=O) groups is 1. The van der Waals surface area contributed by atoms with E-state index in [0.717, 1.165) is 17.5 Å². The van der Waals surface area contributed by atoms with Crippen LogP contribution < -0.4 is 5.73 Å². The molecule has 2 rings (SSSR count). The van der Waals surface area contributed by atoms with Gasteiger partial charge in [-0.05, 0) is 48.0 Å². The molecular weight excluding hydrogens is 341 g/mol. The van der Waals surface area contributed by atoms with Crippen molar-refractivity contribution in [2.24, 2.45) is 0 Å². The Morgan fingerprint density at radius 3 is 2.86 bits per heavy atom. The SMILES string of the molecule is CCn1nc(C)cc1COC(=O)c1cc(N)c(F)cc1Br. The number of aryl methyl sites for hydroxylation is 2. The fraction of sp³-hybridized carbons (Fsp3) is 0.286. The average Bonchev–Trinajstić information content (AvgIpc) is 2.80. The zero-order valence-electron chi connectivity index (χ0n) is 11.7. The highest BCUT2D eigenvalue weighted by Crippen LogP contribution is 2.23. The highest BCUT2D eigenvalue weighted by atomic mass is 79.9. The van der Waals surface area contributed by atoms with Gasteiger partial charge in [-0.3, -0.25) is 4.68 Å². The number of hydrogen-bond acceptors (Lipinski definition) is 4. The van der Waals surface area contributed by atoms with Crippen molar-refractivity contribution in [2.75, 3.05) is 5.73 Å². The molecule has 1 aromatic carbocycles. The Bertz CT molecular complexity index is 685. The van der Waals surface area contributed by atoms with Gasteiger partial charge in [0.2, 0.25) is 0 Å². The van der Waals surface area contributed by atoms with Gasteiger partial charge < -0.3 is 10.5 Å². The van der Waals surface area contributed by atoms with Gasteiger partial charge in [-0.15, -0.1) is 0 Å². The van der Waals surface area contributed by atoms with E-state index in [2.05, 4.69) is 21.0 Å². The number of nitrogens with two attached hydrogens (primary N) is 1. The standard InChI is InChI=1S/C14H15BrFN3O2/c1-3-19-9(4-8(2)18-19)7-21-14(20)10-5-13(17)12(16)6-11(10)15/h4-6H,3,7,17H2,1-2H3. The number of benzene rings is 1. The van der Waals surface area contributed by atoms with Crippen LogP contribution in [0.1, 0.15) is 28.7 Å². The molecule has 0 radical (unpaired) electrons. The summed E-state index contributed by atoms with van der Waals surface area (Å²) in [7, 11) is 0. The molecule has 0 spiro atoms. The lowest BCUT2D eigenvalue weighted by molar-refractivity contribution is 0.0461. The minimum atomic E-state index is -0.585. The number of nitrogens with zero attached hydrogens (tertiary/aromatic N) is 2. The van der Waals surface area contributed by atoms with Crippen molar-refractivity contribution < 1.29 is 13.9 Å². The maximum atomic E-state index is 13.3. The summed E-state index contributed by atoms with van der Waals surface area (Å²) >= 11 is 3.13. The van der Waals surface area contributed by atoms with E-state index in [4.69, 9.17) is 10.5 Å². The molecule has 7 heteroatoms. The second-order valence-corrected chi connectivity index (χ2v) is 5.38. The number of halogens is 2. The average molecular weight is 356 g/mol. The van der Waals surface area contributed by atoms with Crippen LogP contribution in [0.25, 0.3) is 0 Å². The van der Waals surface area contributed by atoms with E-state index in [1.165, 1.54) is 6.07 Å². The first-order valence-electron chi connectivity index (χ1n) is 6.37. The van der Waals surface area contributed by atoms with Gasteiger partial charge in [-0.25, -0.2) is 9.18 Å². The molecule has 0 atom stereocenters.